The number of thiazole rings is 1. The summed E-state index contributed by atoms with van der Waals surface area (Å²) in [5.74, 6) is 2.52. The lowest BCUT2D eigenvalue weighted by Crippen LogP contribution is -2.46. The summed E-state index contributed by atoms with van der Waals surface area (Å²) in [6.07, 6.45) is 5.48. The maximum atomic E-state index is 4.63. The predicted octanol–water partition coefficient (Wildman–Crippen LogP) is 3.61. The fraction of sp³-hybridized carbons (Fsp3) is 0.368. The van der Waals surface area contributed by atoms with Gasteiger partial charge < -0.3 is 15.1 Å². The van der Waals surface area contributed by atoms with E-state index in [0.717, 1.165) is 65.8 Å². The number of aromatic nitrogens is 4. The summed E-state index contributed by atoms with van der Waals surface area (Å²) >= 11 is 1.59. The maximum absolute atomic E-state index is 4.63. The Morgan fingerprint density at radius 1 is 1.14 bits per heavy atom. The van der Waals surface area contributed by atoms with Gasteiger partial charge in [-0.3, -0.25) is 4.98 Å². The number of halogens is 1. The first-order valence-corrected chi connectivity index (χ1v) is 9.99. The molecule has 4 heterocycles. The molecule has 148 valence electrons. The van der Waals surface area contributed by atoms with Crippen LogP contribution in [0.2, 0.25) is 0 Å². The van der Waals surface area contributed by atoms with Crippen LogP contribution in [0.1, 0.15) is 12.7 Å². The molecule has 1 fully saturated rings. The smallest absolute Gasteiger partial charge is 0.188 e. The van der Waals surface area contributed by atoms with Crippen LogP contribution in [0.15, 0.2) is 36.8 Å². The van der Waals surface area contributed by atoms with Gasteiger partial charge in [0.15, 0.2) is 5.13 Å². The first kappa shape index (κ1) is 20.4. The number of rotatable bonds is 5. The van der Waals surface area contributed by atoms with Gasteiger partial charge in [0.1, 0.15) is 17.5 Å². The third-order valence-corrected chi connectivity index (χ3v) is 5.62. The number of aryl methyl sites for hydroxylation is 1. The molecule has 0 radical (unpaired) electrons. The second-order valence-corrected chi connectivity index (χ2v) is 7.51. The van der Waals surface area contributed by atoms with Gasteiger partial charge in [0, 0.05) is 56.4 Å². The molecule has 0 aromatic carbocycles. The zero-order valence-electron chi connectivity index (χ0n) is 16.0. The van der Waals surface area contributed by atoms with Crippen LogP contribution in [-0.2, 0) is 0 Å². The van der Waals surface area contributed by atoms with E-state index in [9.17, 15) is 0 Å². The van der Waals surface area contributed by atoms with E-state index in [-0.39, 0.29) is 12.4 Å². The van der Waals surface area contributed by atoms with Crippen molar-refractivity contribution in [2.75, 3.05) is 42.9 Å². The quantitative estimate of drug-likeness (QED) is 0.679. The van der Waals surface area contributed by atoms with Crippen LogP contribution in [0, 0.1) is 6.92 Å². The topological polar surface area (TPSA) is 70.1 Å². The van der Waals surface area contributed by atoms with Crippen LogP contribution >= 0.6 is 23.7 Å². The Bertz CT molecular complexity index is 894. The second-order valence-electron chi connectivity index (χ2n) is 6.48. The van der Waals surface area contributed by atoms with E-state index in [1.807, 2.05) is 37.5 Å². The number of hydrogen-bond donors (Lipinski definition) is 1. The van der Waals surface area contributed by atoms with Gasteiger partial charge in [-0.25, -0.2) is 15.0 Å². The maximum Gasteiger partial charge on any atom is 0.188 e. The highest BCUT2D eigenvalue weighted by Crippen LogP contribution is 2.30. The minimum Gasteiger partial charge on any atom is -0.354 e. The molecule has 0 spiro atoms. The first-order valence-electron chi connectivity index (χ1n) is 9.17. The Labute approximate surface area is 175 Å². The highest BCUT2D eigenvalue weighted by atomic mass is 35.5. The number of hydrogen-bond acceptors (Lipinski definition) is 8. The van der Waals surface area contributed by atoms with Crippen molar-refractivity contribution < 1.29 is 0 Å². The third kappa shape index (κ3) is 4.76. The number of anilines is 3. The molecule has 0 saturated carbocycles. The van der Waals surface area contributed by atoms with Crippen LogP contribution in [0.5, 0.6) is 0 Å². The van der Waals surface area contributed by atoms with Gasteiger partial charge in [-0.15, -0.1) is 12.4 Å². The van der Waals surface area contributed by atoms with Crippen LogP contribution < -0.4 is 10.2 Å². The van der Waals surface area contributed by atoms with Gasteiger partial charge in [-0.1, -0.05) is 24.3 Å². The fourth-order valence-electron chi connectivity index (χ4n) is 3.15. The molecule has 0 amide bonds. The van der Waals surface area contributed by atoms with E-state index < -0.39 is 0 Å². The van der Waals surface area contributed by atoms with E-state index in [1.54, 1.807) is 17.5 Å². The normalized spacial score (nSPS) is 14.6. The van der Waals surface area contributed by atoms with Crippen LogP contribution in [0.3, 0.4) is 0 Å². The Morgan fingerprint density at radius 2 is 1.96 bits per heavy atom. The minimum atomic E-state index is 0. The lowest BCUT2D eigenvalue weighted by Gasteiger charge is -2.34. The van der Waals surface area contributed by atoms with E-state index in [1.165, 1.54) is 0 Å². The van der Waals surface area contributed by atoms with Crippen molar-refractivity contribution in [3.63, 3.8) is 0 Å². The van der Waals surface area contributed by atoms with Crippen molar-refractivity contribution in [1.82, 2.24) is 24.8 Å². The van der Waals surface area contributed by atoms with E-state index in [2.05, 4.69) is 42.0 Å². The molecule has 0 aliphatic carbocycles. The first-order chi connectivity index (χ1) is 13.2. The van der Waals surface area contributed by atoms with Crippen molar-refractivity contribution >= 4 is 40.5 Å². The second kappa shape index (κ2) is 9.27. The SMILES string of the molecule is CCN1CCN(c2cc(Nc3ncc(-c4cccnc4)s3)nc(C)n2)CC1.Cl. The summed E-state index contributed by atoms with van der Waals surface area (Å²) in [6.45, 7) is 9.37. The molecule has 1 N–H and O–H groups in total. The number of likely N-dealkylation sites (N-methyl/N-ethyl adjacent to an activating group) is 1. The molecular formula is C19H24ClN7S. The van der Waals surface area contributed by atoms with Crippen molar-refractivity contribution in [2.24, 2.45) is 0 Å². The predicted molar refractivity (Wildman–Crippen MR) is 117 cm³/mol. The Kier molecular flexibility index (Phi) is 6.77. The summed E-state index contributed by atoms with van der Waals surface area (Å²) in [5.41, 5.74) is 1.07. The molecule has 7 nitrogen and oxygen atoms in total. The third-order valence-electron chi connectivity index (χ3n) is 4.65. The molecule has 0 bridgehead atoms. The lowest BCUT2D eigenvalue weighted by atomic mass is 10.3. The Balaban J connectivity index is 0.00000225. The highest BCUT2D eigenvalue weighted by Gasteiger charge is 2.18. The molecule has 1 aliphatic heterocycles. The molecule has 4 rings (SSSR count). The highest BCUT2D eigenvalue weighted by molar-refractivity contribution is 7.18. The average molecular weight is 418 g/mol. The van der Waals surface area contributed by atoms with Gasteiger partial charge in [0.05, 0.1) is 4.88 Å². The van der Waals surface area contributed by atoms with Crippen LogP contribution in [-0.4, -0.2) is 57.6 Å². The summed E-state index contributed by atoms with van der Waals surface area (Å²) in [7, 11) is 0. The van der Waals surface area contributed by atoms with Gasteiger partial charge in [0.2, 0.25) is 0 Å². The lowest BCUT2D eigenvalue weighted by molar-refractivity contribution is 0.270. The summed E-state index contributed by atoms with van der Waals surface area (Å²) in [4.78, 5) is 23.7. The summed E-state index contributed by atoms with van der Waals surface area (Å²) in [6, 6.07) is 5.98. The van der Waals surface area contributed by atoms with Crippen LogP contribution in [0.25, 0.3) is 10.4 Å². The van der Waals surface area contributed by atoms with Crippen molar-refractivity contribution in [2.45, 2.75) is 13.8 Å². The molecule has 0 atom stereocenters. The van der Waals surface area contributed by atoms with Gasteiger partial charge in [-0.2, -0.15) is 0 Å². The average Bonchev–Trinajstić information content (AvgIpc) is 3.17. The fourth-order valence-corrected chi connectivity index (χ4v) is 3.97. The van der Waals surface area contributed by atoms with Gasteiger partial charge >= 0.3 is 0 Å². The number of pyridine rings is 1. The molecule has 3 aromatic heterocycles. The van der Waals surface area contributed by atoms with Crippen molar-refractivity contribution in [3.8, 4) is 10.4 Å². The van der Waals surface area contributed by atoms with Crippen molar-refractivity contribution in [3.05, 3.63) is 42.6 Å². The standard InChI is InChI=1S/C19H23N7S.ClH/c1-3-25-7-9-26(10-8-25)18-11-17(22-14(2)23-18)24-19-21-13-16(27-19)15-5-4-6-20-12-15;/h4-6,11-13H,3,7-10H2,1-2H3,(H,21,22,23,24);1H. The summed E-state index contributed by atoms with van der Waals surface area (Å²) < 4.78 is 0. The van der Waals surface area contributed by atoms with Gasteiger partial charge in [0.25, 0.3) is 0 Å². The molecule has 28 heavy (non-hydrogen) atoms. The van der Waals surface area contributed by atoms with E-state index in [4.69, 9.17) is 0 Å². The molecular weight excluding hydrogens is 394 g/mol. The Morgan fingerprint density at radius 3 is 2.68 bits per heavy atom. The monoisotopic (exact) mass is 417 g/mol. The van der Waals surface area contributed by atoms with E-state index >= 15 is 0 Å². The van der Waals surface area contributed by atoms with Crippen LogP contribution in [0.4, 0.5) is 16.8 Å². The summed E-state index contributed by atoms with van der Waals surface area (Å²) in [5, 5.41) is 4.15. The van der Waals surface area contributed by atoms with E-state index in [0.29, 0.717) is 0 Å². The largest absolute Gasteiger partial charge is 0.354 e. The minimum absolute atomic E-state index is 0. The molecule has 0 unspecified atom stereocenters. The Hall–Kier alpha value is -2.29. The zero-order valence-corrected chi connectivity index (χ0v) is 17.6. The molecule has 3 aromatic rings. The number of nitrogens with zero attached hydrogens (tertiary/aromatic N) is 6. The number of piperazine rings is 1. The molecule has 1 aliphatic rings. The zero-order chi connectivity index (χ0) is 18.6. The number of nitrogens with one attached hydrogen (secondary N) is 1. The molecule has 9 heteroatoms. The van der Waals surface area contributed by atoms with Gasteiger partial charge in [-0.05, 0) is 19.5 Å². The molecule has 1 saturated heterocycles. The van der Waals surface area contributed by atoms with Crippen molar-refractivity contribution in [1.29, 1.82) is 0 Å².